The Morgan fingerprint density at radius 1 is 1.21 bits per heavy atom. The topological polar surface area (TPSA) is 57.5 Å². The van der Waals surface area contributed by atoms with E-state index in [-0.39, 0.29) is 5.56 Å². The van der Waals surface area contributed by atoms with Crippen molar-refractivity contribution in [2.75, 3.05) is 0 Å². The van der Waals surface area contributed by atoms with Gasteiger partial charge in [0.05, 0.1) is 6.10 Å². The zero-order valence-corrected chi connectivity index (χ0v) is 17.5. The lowest BCUT2D eigenvalue weighted by atomic mass is 9.99. The molecule has 2 rings (SSSR count). The Labute approximate surface area is 168 Å². The third-order valence-corrected chi connectivity index (χ3v) is 4.27. The predicted octanol–water partition coefficient (Wildman–Crippen LogP) is 6.60. The molecular formula is C23H36F2O3. The van der Waals surface area contributed by atoms with Crippen LogP contribution in [0.1, 0.15) is 84.1 Å². The van der Waals surface area contributed by atoms with E-state index in [4.69, 9.17) is 5.11 Å². The number of aliphatic hydroxyl groups excluding tert-OH is 1. The van der Waals surface area contributed by atoms with Gasteiger partial charge in [0.1, 0.15) is 11.6 Å². The van der Waals surface area contributed by atoms with Gasteiger partial charge in [0.2, 0.25) is 0 Å². The normalized spacial score (nSPS) is 14.8. The Hall–Kier alpha value is -1.75. The van der Waals surface area contributed by atoms with Crippen molar-refractivity contribution >= 4 is 12.0 Å². The van der Waals surface area contributed by atoms with Gasteiger partial charge in [-0.05, 0) is 43.4 Å². The monoisotopic (exact) mass is 398 g/mol. The molecule has 0 radical (unpaired) electrons. The van der Waals surface area contributed by atoms with E-state index in [1.165, 1.54) is 38.2 Å². The number of carbonyl (C=O) groups is 1. The molecule has 0 heterocycles. The Kier molecular flexibility index (Phi) is 15.2. The molecule has 0 amide bonds. The van der Waals surface area contributed by atoms with E-state index in [1.54, 1.807) is 6.08 Å². The van der Waals surface area contributed by atoms with Crippen molar-refractivity contribution in [3.63, 3.8) is 0 Å². The lowest BCUT2D eigenvalue weighted by Crippen LogP contribution is -2.05. The largest absolute Gasteiger partial charge is 0.481 e. The van der Waals surface area contributed by atoms with Gasteiger partial charge in [0.25, 0.3) is 0 Å². The van der Waals surface area contributed by atoms with E-state index < -0.39 is 23.7 Å². The molecule has 1 aliphatic carbocycles. The van der Waals surface area contributed by atoms with Crippen molar-refractivity contribution in [2.45, 2.75) is 84.7 Å². The third-order valence-electron chi connectivity index (χ3n) is 4.27. The summed E-state index contributed by atoms with van der Waals surface area (Å²) in [4.78, 5) is 9.60. The van der Waals surface area contributed by atoms with Gasteiger partial charge in [-0.1, -0.05) is 65.0 Å². The van der Waals surface area contributed by atoms with Crippen LogP contribution >= 0.6 is 0 Å². The van der Waals surface area contributed by atoms with E-state index in [2.05, 4.69) is 13.8 Å². The molecule has 1 aromatic rings. The maximum absolute atomic E-state index is 13.4. The predicted molar refractivity (Wildman–Crippen MR) is 111 cm³/mol. The van der Waals surface area contributed by atoms with Crippen LogP contribution in [0.4, 0.5) is 8.78 Å². The number of rotatable bonds is 7. The Morgan fingerprint density at radius 2 is 1.82 bits per heavy atom. The first-order valence-electron chi connectivity index (χ1n) is 10.4. The summed E-state index contributed by atoms with van der Waals surface area (Å²) in [5, 5.41) is 17.7. The van der Waals surface area contributed by atoms with E-state index in [1.807, 2.05) is 6.92 Å². The molecule has 0 bridgehead atoms. The molecule has 3 nitrogen and oxygen atoms in total. The second-order valence-electron chi connectivity index (χ2n) is 7.17. The first kappa shape index (κ1) is 26.2. The highest BCUT2D eigenvalue weighted by molar-refractivity contribution is 5.66. The zero-order valence-electron chi connectivity index (χ0n) is 17.5. The molecule has 1 fully saturated rings. The number of carboxylic acids is 1. The Bertz CT molecular complexity index is 567. The number of hydrogen-bond donors (Lipinski definition) is 2. The highest BCUT2D eigenvalue weighted by Crippen LogP contribution is 2.29. The van der Waals surface area contributed by atoms with E-state index in [9.17, 15) is 18.7 Å². The van der Waals surface area contributed by atoms with Gasteiger partial charge in [-0.15, -0.1) is 0 Å². The lowest BCUT2D eigenvalue weighted by molar-refractivity contribution is -0.137. The summed E-state index contributed by atoms with van der Waals surface area (Å²) in [6.45, 7) is 6.09. The van der Waals surface area contributed by atoms with Crippen LogP contribution in [0.15, 0.2) is 24.3 Å². The van der Waals surface area contributed by atoms with Crippen LogP contribution in [0, 0.1) is 17.6 Å². The maximum atomic E-state index is 13.4. The van der Waals surface area contributed by atoms with Crippen LogP contribution in [0.3, 0.4) is 0 Å². The van der Waals surface area contributed by atoms with Crippen LogP contribution in [0.2, 0.25) is 0 Å². The molecule has 0 saturated heterocycles. The molecule has 28 heavy (non-hydrogen) atoms. The minimum Gasteiger partial charge on any atom is -0.481 e. The first-order chi connectivity index (χ1) is 13.3. The number of halogens is 2. The minimum atomic E-state index is -0.711. The van der Waals surface area contributed by atoms with Gasteiger partial charge in [-0.25, -0.2) is 8.78 Å². The zero-order chi connectivity index (χ0) is 21.4. The van der Waals surface area contributed by atoms with Crippen molar-refractivity contribution in [3.05, 3.63) is 41.5 Å². The second-order valence-corrected chi connectivity index (χ2v) is 7.17. The fourth-order valence-electron chi connectivity index (χ4n) is 2.87. The Morgan fingerprint density at radius 3 is 2.32 bits per heavy atom. The number of hydrogen-bond acceptors (Lipinski definition) is 2. The molecule has 5 heteroatoms. The summed E-state index contributed by atoms with van der Waals surface area (Å²) < 4.78 is 26.3. The van der Waals surface area contributed by atoms with E-state index >= 15 is 0 Å². The minimum absolute atomic E-state index is 0.180. The van der Waals surface area contributed by atoms with Crippen molar-refractivity contribution in [1.82, 2.24) is 0 Å². The molecule has 1 saturated carbocycles. The average Bonchev–Trinajstić information content (AvgIpc) is 3.15. The molecule has 0 spiro atoms. The first-order valence-corrected chi connectivity index (χ1v) is 10.4. The van der Waals surface area contributed by atoms with Crippen molar-refractivity contribution in [1.29, 1.82) is 0 Å². The van der Waals surface area contributed by atoms with Crippen LogP contribution in [-0.4, -0.2) is 22.3 Å². The maximum Gasteiger partial charge on any atom is 0.303 e. The molecule has 1 aliphatic rings. The van der Waals surface area contributed by atoms with Crippen molar-refractivity contribution < 1.29 is 23.8 Å². The second kappa shape index (κ2) is 16.2. The van der Waals surface area contributed by atoms with Gasteiger partial charge in [0.15, 0.2) is 0 Å². The van der Waals surface area contributed by atoms with E-state index in [0.29, 0.717) is 12.8 Å². The number of aliphatic hydroxyl groups is 1. The standard InChI is InChI=1S/C16H20F2O.C4H8O2.C3H8/c17-14-7-10-16(18)13(11-14)6-9-15(19)8-5-12-3-1-2-4-12;1-2-3-4(5)6;1-3-2/h6-7,9-12,15,19H,1-5,8H2;2-3H2,1H3,(H,5,6);3H2,1-2H3/b9-6+;;. The molecule has 0 aromatic heterocycles. The average molecular weight is 399 g/mol. The smallest absolute Gasteiger partial charge is 0.303 e. The van der Waals surface area contributed by atoms with Crippen LogP contribution < -0.4 is 0 Å². The van der Waals surface area contributed by atoms with Gasteiger partial charge >= 0.3 is 5.97 Å². The molecule has 1 atom stereocenters. The summed E-state index contributed by atoms with van der Waals surface area (Å²) in [6, 6.07) is 3.32. The number of benzene rings is 1. The fraction of sp³-hybridized carbons (Fsp3) is 0.609. The summed E-state index contributed by atoms with van der Waals surface area (Å²) in [5.74, 6) is -0.923. The Balaban J connectivity index is 0.000000683. The van der Waals surface area contributed by atoms with Crippen molar-refractivity contribution in [3.8, 4) is 0 Å². The van der Waals surface area contributed by atoms with Crippen LogP contribution in [0.25, 0.3) is 6.08 Å². The van der Waals surface area contributed by atoms with Crippen LogP contribution in [-0.2, 0) is 4.79 Å². The van der Waals surface area contributed by atoms with Gasteiger partial charge in [-0.3, -0.25) is 4.79 Å². The van der Waals surface area contributed by atoms with Crippen LogP contribution in [0.5, 0.6) is 0 Å². The summed E-state index contributed by atoms with van der Waals surface area (Å²) in [7, 11) is 0. The van der Waals surface area contributed by atoms with E-state index in [0.717, 1.165) is 37.0 Å². The lowest BCUT2D eigenvalue weighted by Gasteiger charge is -2.10. The molecule has 160 valence electrons. The summed E-state index contributed by atoms with van der Waals surface area (Å²) in [6.07, 6.45) is 11.5. The molecule has 0 aliphatic heterocycles. The van der Waals surface area contributed by atoms with Crippen molar-refractivity contribution in [2.24, 2.45) is 5.92 Å². The van der Waals surface area contributed by atoms with Gasteiger partial charge in [-0.2, -0.15) is 0 Å². The quantitative estimate of drug-likeness (QED) is 0.544. The number of carboxylic acid groups (broad SMARTS) is 1. The third kappa shape index (κ3) is 13.4. The molecule has 1 unspecified atom stereocenters. The van der Waals surface area contributed by atoms with Gasteiger partial charge < -0.3 is 10.2 Å². The molecule has 2 N–H and O–H groups in total. The number of aliphatic carboxylic acids is 1. The van der Waals surface area contributed by atoms with Gasteiger partial charge in [0, 0.05) is 12.0 Å². The highest BCUT2D eigenvalue weighted by Gasteiger charge is 2.15. The SMILES string of the molecule is CCC.CCCC(=O)O.OC(/C=C/c1cc(F)ccc1F)CCC1CCCC1. The highest BCUT2D eigenvalue weighted by atomic mass is 19.1. The summed E-state index contributed by atoms with van der Waals surface area (Å²) in [5.41, 5.74) is 0.180. The molecular weight excluding hydrogens is 362 g/mol. The summed E-state index contributed by atoms with van der Waals surface area (Å²) >= 11 is 0. The molecule has 1 aromatic carbocycles. The fourth-order valence-corrected chi connectivity index (χ4v) is 2.87.